The van der Waals surface area contributed by atoms with Gasteiger partial charge in [-0.25, -0.2) is 0 Å². The number of para-hydroxylation sites is 2. The number of hydrogen-bond donors (Lipinski definition) is 1. The number of carbonyl (C=O) groups excluding carboxylic acids is 1. The van der Waals surface area contributed by atoms with Crippen molar-refractivity contribution in [3.8, 4) is 0 Å². The van der Waals surface area contributed by atoms with Crippen molar-refractivity contribution in [3.63, 3.8) is 0 Å². The number of hydrogen-bond acceptors (Lipinski definition) is 3. The number of nitrogens with zero attached hydrogens (tertiary/aromatic N) is 2. The molecule has 0 saturated carbocycles. The zero-order chi connectivity index (χ0) is 16.7. The Morgan fingerprint density at radius 1 is 1.17 bits per heavy atom. The van der Waals surface area contributed by atoms with Crippen LogP contribution in [0.4, 0.5) is 0 Å². The third-order valence-corrected chi connectivity index (χ3v) is 4.43. The SMILES string of the molecule is CC(c1cc2ccccc2o1)N(C)C(=O)c1n[nH]c2ccccc12. The van der Waals surface area contributed by atoms with E-state index in [0.29, 0.717) is 5.69 Å². The van der Waals surface area contributed by atoms with Gasteiger partial charge in [0.25, 0.3) is 5.91 Å². The van der Waals surface area contributed by atoms with Crippen LogP contribution in [0, 0.1) is 0 Å². The van der Waals surface area contributed by atoms with Crippen molar-refractivity contribution in [1.82, 2.24) is 15.1 Å². The summed E-state index contributed by atoms with van der Waals surface area (Å²) in [6.45, 7) is 1.95. The van der Waals surface area contributed by atoms with Gasteiger partial charge in [-0.15, -0.1) is 0 Å². The molecule has 0 aliphatic rings. The molecule has 0 aliphatic carbocycles. The summed E-state index contributed by atoms with van der Waals surface area (Å²) in [7, 11) is 1.77. The number of benzene rings is 2. The van der Waals surface area contributed by atoms with Gasteiger partial charge in [0.2, 0.25) is 0 Å². The predicted molar refractivity (Wildman–Crippen MR) is 92.8 cm³/mol. The molecule has 2 heterocycles. The maximum absolute atomic E-state index is 12.9. The zero-order valence-corrected chi connectivity index (χ0v) is 13.5. The highest BCUT2D eigenvalue weighted by Crippen LogP contribution is 2.28. The molecule has 1 unspecified atom stereocenters. The minimum atomic E-state index is -0.194. The monoisotopic (exact) mass is 319 g/mol. The number of furan rings is 1. The summed E-state index contributed by atoms with van der Waals surface area (Å²) in [5.41, 5.74) is 2.10. The van der Waals surface area contributed by atoms with Gasteiger partial charge < -0.3 is 9.32 Å². The number of fused-ring (bicyclic) bond motifs is 2. The highest BCUT2D eigenvalue weighted by molar-refractivity contribution is 6.04. The third-order valence-electron chi connectivity index (χ3n) is 4.43. The molecule has 5 nitrogen and oxygen atoms in total. The van der Waals surface area contributed by atoms with E-state index in [-0.39, 0.29) is 11.9 Å². The molecule has 0 radical (unpaired) electrons. The fraction of sp³-hybridized carbons (Fsp3) is 0.158. The standard InChI is InChI=1S/C19H17N3O2/c1-12(17-11-13-7-3-6-10-16(13)24-17)22(2)19(23)18-14-8-4-5-9-15(14)20-21-18/h3-12H,1-2H3,(H,20,21). The Hall–Kier alpha value is -3.08. The second-order valence-corrected chi connectivity index (χ2v) is 5.90. The van der Waals surface area contributed by atoms with E-state index in [2.05, 4.69) is 10.2 Å². The topological polar surface area (TPSA) is 62.1 Å². The van der Waals surface area contributed by atoms with E-state index in [1.165, 1.54) is 0 Å². The first-order valence-corrected chi connectivity index (χ1v) is 7.84. The molecule has 1 N–H and O–H groups in total. The van der Waals surface area contributed by atoms with Crippen LogP contribution < -0.4 is 0 Å². The molecule has 0 spiro atoms. The molecule has 0 saturated heterocycles. The van der Waals surface area contributed by atoms with E-state index in [0.717, 1.165) is 27.6 Å². The van der Waals surface area contributed by atoms with Gasteiger partial charge in [-0.05, 0) is 25.1 Å². The van der Waals surface area contributed by atoms with Crippen molar-refractivity contribution in [2.45, 2.75) is 13.0 Å². The van der Waals surface area contributed by atoms with Crippen molar-refractivity contribution >= 4 is 27.8 Å². The van der Waals surface area contributed by atoms with Gasteiger partial charge in [-0.3, -0.25) is 9.89 Å². The summed E-state index contributed by atoms with van der Waals surface area (Å²) in [5.74, 6) is 0.618. The summed E-state index contributed by atoms with van der Waals surface area (Å²) in [4.78, 5) is 14.5. The van der Waals surface area contributed by atoms with Gasteiger partial charge in [-0.2, -0.15) is 5.10 Å². The van der Waals surface area contributed by atoms with Crippen molar-refractivity contribution in [2.75, 3.05) is 7.05 Å². The van der Waals surface area contributed by atoms with Gasteiger partial charge >= 0.3 is 0 Å². The number of carbonyl (C=O) groups is 1. The molecular weight excluding hydrogens is 302 g/mol. The summed E-state index contributed by atoms with van der Waals surface area (Å²) in [5, 5.41) is 8.95. The van der Waals surface area contributed by atoms with Crippen LogP contribution in [-0.2, 0) is 0 Å². The number of rotatable bonds is 3. The van der Waals surface area contributed by atoms with Gasteiger partial charge in [0.1, 0.15) is 11.3 Å². The molecule has 2 aromatic carbocycles. The Bertz CT molecular complexity index is 998. The minimum absolute atomic E-state index is 0.139. The zero-order valence-electron chi connectivity index (χ0n) is 13.5. The Balaban J connectivity index is 1.66. The van der Waals surface area contributed by atoms with E-state index in [9.17, 15) is 4.79 Å². The van der Waals surface area contributed by atoms with Crippen molar-refractivity contribution in [3.05, 3.63) is 66.1 Å². The number of nitrogens with one attached hydrogen (secondary N) is 1. The molecular formula is C19H17N3O2. The van der Waals surface area contributed by atoms with Crippen LogP contribution in [0.15, 0.2) is 59.0 Å². The van der Waals surface area contributed by atoms with E-state index in [1.54, 1.807) is 11.9 Å². The molecule has 0 aliphatic heterocycles. The highest BCUT2D eigenvalue weighted by Gasteiger charge is 2.24. The van der Waals surface area contributed by atoms with Gasteiger partial charge in [-0.1, -0.05) is 36.4 Å². The lowest BCUT2D eigenvalue weighted by atomic mass is 10.1. The predicted octanol–water partition coefficient (Wildman–Crippen LogP) is 4.14. The number of aromatic nitrogens is 2. The average Bonchev–Trinajstić information content (AvgIpc) is 3.23. The minimum Gasteiger partial charge on any atom is -0.459 e. The first kappa shape index (κ1) is 14.5. The van der Waals surface area contributed by atoms with Crippen molar-refractivity contribution < 1.29 is 9.21 Å². The number of H-pyrrole nitrogens is 1. The molecule has 5 heteroatoms. The molecule has 1 atom stereocenters. The van der Waals surface area contributed by atoms with E-state index in [4.69, 9.17) is 4.42 Å². The van der Waals surface area contributed by atoms with E-state index < -0.39 is 0 Å². The second kappa shape index (κ2) is 5.53. The Kier molecular flexibility index (Phi) is 3.34. The van der Waals surface area contributed by atoms with Gasteiger partial charge in [0, 0.05) is 17.8 Å². The molecule has 24 heavy (non-hydrogen) atoms. The lowest BCUT2D eigenvalue weighted by Gasteiger charge is -2.22. The smallest absolute Gasteiger partial charge is 0.275 e. The first-order valence-electron chi connectivity index (χ1n) is 7.84. The Morgan fingerprint density at radius 2 is 1.92 bits per heavy atom. The van der Waals surface area contributed by atoms with Crippen LogP contribution in [-0.4, -0.2) is 28.1 Å². The summed E-state index contributed by atoms with van der Waals surface area (Å²) < 4.78 is 5.88. The van der Waals surface area contributed by atoms with E-state index >= 15 is 0 Å². The first-order chi connectivity index (χ1) is 11.6. The largest absolute Gasteiger partial charge is 0.459 e. The van der Waals surface area contributed by atoms with E-state index in [1.807, 2.05) is 61.5 Å². The number of aromatic amines is 1. The van der Waals surface area contributed by atoms with Gasteiger partial charge in [0.05, 0.1) is 11.6 Å². The average molecular weight is 319 g/mol. The highest BCUT2D eigenvalue weighted by atomic mass is 16.3. The maximum Gasteiger partial charge on any atom is 0.275 e. The van der Waals surface area contributed by atoms with Crippen LogP contribution in [0.5, 0.6) is 0 Å². The summed E-state index contributed by atoms with van der Waals surface area (Å²) in [6, 6.07) is 17.2. The molecule has 4 aromatic rings. The van der Waals surface area contributed by atoms with Crippen LogP contribution in [0.2, 0.25) is 0 Å². The fourth-order valence-corrected chi connectivity index (χ4v) is 2.87. The van der Waals surface area contributed by atoms with Gasteiger partial charge in [0.15, 0.2) is 5.69 Å². The normalized spacial score (nSPS) is 12.6. The molecule has 0 bridgehead atoms. The van der Waals surface area contributed by atoms with Crippen LogP contribution in [0.3, 0.4) is 0 Å². The van der Waals surface area contributed by atoms with Crippen LogP contribution in [0.1, 0.15) is 29.2 Å². The molecule has 2 aromatic heterocycles. The lowest BCUT2D eigenvalue weighted by Crippen LogP contribution is -2.29. The second-order valence-electron chi connectivity index (χ2n) is 5.90. The Labute approximate surface area is 138 Å². The van der Waals surface area contributed by atoms with Crippen molar-refractivity contribution in [1.29, 1.82) is 0 Å². The summed E-state index contributed by atoms with van der Waals surface area (Å²) in [6.07, 6.45) is 0. The molecule has 4 rings (SSSR count). The summed E-state index contributed by atoms with van der Waals surface area (Å²) >= 11 is 0. The lowest BCUT2D eigenvalue weighted by molar-refractivity contribution is 0.0723. The molecule has 120 valence electrons. The molecule has 1 amide bonds. The molecule has 0 fully saturated rings. The number of amides is 1. The Morgan fingerprint density at radius 3 is 2.75 bits per heavy atom. The quantitative estimate of drug-likeness (QED) is 0.617. The third kappa shape index (κ3) is 2.25. The maximum atomic E-state index is 12.9. The fourth-order valence-electron chi connectivity index (χ4n) is 2.87. The van der Waals surface area contributed by atoms with Crippen molar-refractivity contribution in [2.24, 2.45) is 0 Å². The van der Waals surface area contributed by atoms with Crippen LogP contribution in [0.25, 0.3) is 21.9 Å². The van der Waals surface area contributed by atoms with Crippen LogP contribution >= 0.6 is 0 Å².